The molecule has 2 aliphatic rings. The smallest absolute Gasteiger partial charge is 0.0834 e. The van der Waals surface area contributed by atoms with Crippen LogP contribution in [0.2, 0.25) is 5.02 Å². The largest absolute Gasteiger partial charge is 0.308 e. The van der Waals surface area contributed by atoms with E-state index in [4.69, 9.17) is 11.6 Å². The van der Waals surface area contributed by atoms with Crippen LogP contribution in [0.4, 0.5) is 0 Å². The predicted octanol–water partition coefficient (Wildman–Crippen LogP) is 3.64. The summed E-state index contributed by atoms with van der Waals surface area (Å²) in [5.74, 6) is 2.76. The quantitative estimate of drug-likeness (QED) is 0.863. The molecule has 2 aliphatic carbocycles. The average molecular weight is 282 g/mol. The fraction of sp³-hybridized carbons (Fsp3) is 0.800. The Balaban J connectivity index is 1.82. The summed E-state index contributed by atoms with van der Waals surface area (Å²) in [6, 6.07) is 0.391. The van der Waals surface area contributed by atoms with Gasteiger partial charge in [-0.05, 0) is 56.9 Å². The highest BCUT2D eigenvalue weighted by atomic mass is 35.5. The second-order valence-corrected chi connectivity index (χ2v) is 6.52. The molecule has 0 aromatic carbocycles. The number of rotatable bonds is 6. The van der Waals surface area contributed by atoms with Crippen LogP contribution in [0, 0.1) is 17.8 Å². The van der Waals surface area contributed by atoms with Crippen LogP contribution in [0.1, 0.15) is 51.3 Å². The van der Waals surface area contributed by atoms with Gasteiger partial charge in [0.25, 0.3) is 0 Å². The predicted molar refractivity (Wildman–Crippen MR) is 78.3 cm³/mol. The lowest BCUT2D eigenvalue weighted by Crippen LogP contribution is -2.31. The zero-order valence-electron chi connectivity index (χ0n) is 11.9. The molecule has 3 unspecified atom stereocenters. The van der Waals surface area contributed by atoms with Crippen molar-refractivity contribution in [1.29, 1.82) is 0 Å². The lowest BCUT2D eigenvalue weighted by molar-refractivity contribution is 0.324. The lowest BCUT2D eigenvalue weighted by Gasteiger charge is -2.27. The third-order valence-corrected chi connectivity index (χ3v) is 5.08. The van der Waals surface area contributed by atoms with Crippen LogP contribution in [0.3, 0.4) is 0 Å². The molecule has 0 radical (unpaired) electrons. The summed E-state index contributed by atoms with van der Waals surface area (Å²) in [6.07, 6.45) is 7.18. The first-order chi connectivity index (χ1) is 9.24. The van der Waals surface area contributed by atoms with Crippen molar-refractivity contribution in [3.63, 3.8) is 0 Å². The van der Waals surface area contributed by atoms with Gasteiger partial charge in [-0.2, -0.15) is 5.10 Å². The zero-order valence-corrected chi connectivity index (χ0v) is 12.7. The Morgan fingerprint density at radius 1 is 1.37 bits per heavy atom. The molecule has 106 valence electrons. The van der Waals surface area contributed by atoms with E-state index in [1.165, 1.54) is 25.0 Å². The maximum absolute atomic E-state index is 6.40. The SMILES string of the molecule is CCCNC(c1c(Cl)cnn1CC)C1CC2CC2C1. The molecule has 3 atom stereocenters. The van der Waals surface area contributed by atoms with Crippen LogP contribution in [0.25, 0.3) is 0 Å². The van der Waals surface area contributed by atoms with Crippen molar-refractivity contribution in [2.75, 3.05) is 6.54 Å². The number of hydrogen-bond donors (Lipinski definition) is 1. The van der Waals surface area contributed by atoms with Gasteiger partial charge in [0.05, 0.1) is 23.0 Å². The van der Waals surface area contributed by atoms with Gasteiger partial charge in [-0.3, -0.25) is 4.68 Å². The molecular formula is C15H24ClN3. The van der Waals surface area contributed by atoms with E-state index in [1.807, 2.05) is 0 Å². The molecule has 3 nitrogen and oxygen atoms in total. The van der Waals surface area contributed by atoms with Gasteiger partial charge in [0.15, 0.2) is 0 Å². The standard InChI is InChI=1S/C15H24ClN3/c1-3-5-17-14(12-7-10-6-11(10)8-12)15-13(16)9-18-19(15)4-2/h9-12,14,17H,3-8H2,1-2H3. The van der Waals surface area contributed by atoms with Crippen LogP contribution in [-0.2, 0) is 6.54 Å². The number of halogens is 1. The fourth-order valence-electron chi connectivity index (χ4n) is 3.75. The Hall–Kier alpha value is -0.540. The number of fused-ring (bicyclic) bond motifs is 1. The minimum absolute atomic E-state index is 0.391. The number of hydrogen-bond acceptors (Lipinski definition) is 2. The Bertz CT molecular complexity index is 433. The first-order valence-corrected chi connectivity index (χ1v) is 8.06. The maximum atomic E-state index is 6.40. The maximum Gasteiger partial charge on any atom is 0.0834 e. The van der Waals surface area contributed by atoms with Crippen LogP contribution >= 0.6 is 11.6 Å². The Labute approximate surface area is 120 Å². The van der Waals surface area contributed by atoms with Gasteiger partial charge in [0.1, 0.15) is 0 Å². The van der Waals surface area contributed by atoms with Crippen LogP contribution < -0.4 is 5.32 Å². The van der Waals surface area contributed by atoms with Gasteiger partial charge in [0.2, 0.25) is 0 Å². The lowest BCUT2D eigenvalue weighted by atomic mass is 9.91. The summed E-state index contributed by atoms with van der Waals surface area (Å²) in [5, 5.41) is 8.96. The Kier molecular flexibility index (Phi) is 3.86. The second-order valence-electron chi connectivity index (χ2n) is 6.11. The van der Waals surface area contributed by atoms with Crippen molar-refractivity contribution < 1.29 is 0 Å². The van der Waals surface area contributed by atoms with Crippen molar-refractivity contribution in [1.82, 2.24) is 15.1 Å². The van der Waals surface area contributed by atoms with E-state index < -0.39 is 0 Å². The first kappa shape index (κ1) is 13.4. The van der Waals surface area contributed by atoms with Crippen molar-refractivity contribution >= 4 is 11.6 Å². The molecule has 0 aliphatic heterocycles. The van der Waals surface area contributed by atoms with E-state index >= 15 is 0 Å². The van der Waals surface area contributed by atoms with Crippen LogP contribution in [0.15, 0.2) is 6.20 Å². The summed E-state index contributed by atoms with van der Waals surface area (Å²) in [7, 11) is 0. The molecule has 2 saturated carbocycles. The molecule has 0 saturated heterocycles. The summed E-state index contributed by atoms with van der Waals surface area (Å²) < 4.78 is 2.07. The van der Waals surface area contributed by atoms with Crippen molar-refractivity contribution in [3.8, 4) is 0 Å². The van der Waals surface area contributed by atoms with Gasteiger partial charge < -0.3 is 5.32 Å². The Morgan fingerprint density at radius 2 is 2.11 bits per heavy atom. The molecule has 1 aromatic heterocycles. The van der Waals surface area contributed by atoms with Crippen molar-refractivity contribution in [3.05, 3.63) is 16.9 Å². The van der Waals surface area contributed by atoms with Crippen molar-refractivity contribution in [2.45, 2.75) is 52.1 Å². The molecule has 3 rings (SSSR count). The normalized spacial score (nSPS) is 30.4. The summed E-state index contributed by atoms with van der Waals surface area (Å²) >= 11 is 6.40. The van der Waals surface area contributed by atoms with E-state index in [1.54, 1.807) is 6.20 Å². The highest BCUT2D eigenvalue weighted by molar-refractivity contribution is 6.31. The summed E-state index contributed by atoms with van der Waals surface area (Å²) in [5.41, 5.74) is 1.21. The van der Waals surface area contributed by atoms with Crippen molar-refractivity contribution in [2.24, 2.45) is 17.8 Å². The minimum atomic E-state index is 0.391. The van der Waals surface area contributed by atoms with Gasteiger partial charge in [0, 0.05) is 6.54 Å². The van der Waals surface area contributed by atoms with E-state index in [-0.39, 0.29) is 0 Å². The molecule has 0 amide bonds. The summed E-state index contributed by atoms with van der Waals surface area (Å²) in [4.78, 5) is 0. The molecule has 1 heterocycles. The molecule has 4 heteroatoms. The first-order valence-electron chi connectivity index (χ1n) is 7.69. The Morgan fingerprint density at radius 3 is 2.74 bits per heavy atom. The molecule has 1 aromatic rings. The molecule has 1 N–H and O–H groups in total. The van der Waals surface area contributed by atoms with Crippen LogP contribution in [-0.4, -0.2) is 16.3 Å². The van der Waals surface area contributed by atoms with E-state index in [2.05, 4.69) is 28.9 Å². The number of nitrogens with zero attached hydrogens (tertiary/aromatic N) is 2. The van der Waals surface area contributed by atoms with E-state index in [9.17, 15) is 0 Å². The monoisotopic (exact) mass is 281 g/mol. The molecule has 0 spiro atoms. The zero-order chi connectivity index (χ0) is 13.4. The molecular weight excluding hydrogens is 258 g/mol. The van der Waals surface area contributed by atoms with Crippen LogP contribution in [0.5, 0.6) is 0 Å². The minimum Gasteiger partial charge on any atom is -0.308 e. The van der Waals surface area contributed by atoms with Gasteiger partial charge in [-0.15, -0.1) is 0 Å². The summed E-state index contributed by atoms with van der Waals surface area (Å²) in [6.45, 7) is 6.30. The highest BCUT2D eigenvalue weighted by Crippen LogP contribution is 2.57. The molecule has 0 bridgehead atoms. The third-order valence-electron chi connectivity index (χ3n) is 4.79. The second kappa shape index (κ2) is 5.45. The molecule has 19 heavy (non-hydrogen) atoms. The fourth-order valence-corrected chi connectivity index (χ4v) is 4.01. The van der Waals surface area contributed by atoms with E-state index in [0.717, 1.165) is 42.3 Å². The highest BCUT2D eigenvalue weighted by Gasteiger charge is 2.48. The number of aromatic nitrogens is 2. The third kappa shape index (κ3) is 2.55. The van der Waals surface area contributed by atoms with Gasteiger partial charge in [-0.1, -0.05) is 18.5 Å². The average Bonchev–Trinajstić information content (AvgIpc) is 2.85. The number of aryl methyl sites for hydroxylation is 1. The topological polar surface area (TPSA) is 29.9 Å². The number of nitrogens with one attached hydrogen (secondary N) is 1. The molecule has 2 fully saturated rings. The van der Waals surface area contributed by atoms with Gasteiger partial charge >= 0.3 is 0 Å². The van der Waals surface area contributed by atoms with E-state index in [0.29, 0.717) is 6.04 Å². The van der Waals surface area contributed by atoms with Gasteiger partial charge in [-0.25, -0.2) is 0 Å².